The smallest absolute Gasteiger partial charge is 0.414 e. The molecule has 3 heterocycles. The zero-order valence-electron chi connectivity index (χ0n) is 14.8. The fourth-order valence-corrected chi connectivity index (χ4v) is 2.93. The van der Waals surface area contributed by atoms with Crippen LogP contribution in [0.3, 0.4) is 0 Å². The van der Waals surface area contributed by atoms with Gasteiger partial charge >= 0.3 is 6.09 Å². The van der Waals surface area contributed by atoms with E-state index in [1.54, 1.807) is 37.4 Å². The van der Waals surface area contributed by atoms with Crippen LogP contribution in [0.2, 0.25) is 0 Å². The molecule has 1 saturated heterocycles. The van der Waals surface area contributed by atoms with Crippen LogP contribution in [0.5, 0.6) is 0 Å². The second kappa shape index (κ2) is 6.79. The molecule has 0 spiro atoms. The Morgan fingerprint density at radius 3 is 2.70 bits per heavy atom. The van der Waals surface area contributed by atoms with Gasteiger partial charge in [0.05, 0.1) is 12.2 Å². The monoisotopic (exact) mass is 368 g/mol. The summed E-state index contributed by atoms with van der Waals surface area (Å²) < 4.78 is 25.2. The lowest BCUT2D eigenvalue weighted by atomic mass is 10.1. The van der Waals surface area contributed by atoms with E-state index in [2.05, 4.69) is 15.2 Å². The van der Waals surface area contributed by atoms with Gasteiger partial charge in [0.25, 0.3) is 5.89 Å². The molecule has 0 bridgehead atoms. The molecule has 4 rings (SSSR count). The molecular formula is C19H17FN4O3. The van der Waals surface area contributed by atoms with Gasteiger partial charge in [-0.3, -0.25) is 9.88 Å². The number of ether oxygens (including phenoxy) is 1. The van der Waals surface area contributed by atoms with E-state index in [-0.39, 0.29) is 6.10 Å². The Labute approximate surface area is 154 Å². The van der Waals surface area contributed by atoms with Crippen LogP contribution in [-0.4, -0.2) is 33.9 Å². The third-order valence-electron chi connectivity index (χ3n) is 4.41. The van der Waals surface area contributed by atoms with E-state index in [1.165, 1.54) is 11.0 Å². The number of carbonyl (C=O) groups excluding carboxylic acids is 1. The second-order valence-electron chi connectivity index (χ2n) is 6.25. The number of halogens is 1. The number of carbonyl (C=O) groups is 1. The van der Waals surface area contributed by atoms with Gasteiger partial charge in [0, 0.05) is 24.2 Å². The van der Waals surface area contributed by atoms with Crippen molar-refractivity contribution >= 4 is 11.8 Å². The molecule has 0 saturated carbocycles. The predicted molar refractivity (Wildman–Crippen MR) is 95.6 cm³/mol. The summed E-state index contributed by atoms with van der Waals surface area (Å²) in [7, 11) is 0. The van der Waals surface area contributed by atoms with Gasteiger partial charge in [-0.15, -0.1) is 10.2 Å². The van der Waals surface area contributed by atoms with Gasteiger partial charge in [0.1, 0.15) is 17.6 Å². The zero-order valence-corrected chi connectivity index (χ0v) is 14.8. The van der Waals surface area contributed by atoms with E-state index in [4.69, 9.17) is 9.15 Å². The highest BCUT2D eigenvalue weighted by atomic mass is 19.1. The molecule has 3 aromatic rings. The van der Waals surface area contributed by atoms with E-state index < -0.39 is 11.9 Å². The summed E-state index contributed by atoms with van der Waals surface area (Å²) in [5.74, 6) is 0.319. The molecule has 0 unspecified atom stereocenters. The van der Waals surface area contributed by atoms with Crippen LogP contribution in [-0.2, 0) is 4.74 Å². The maximum absolute atomic E-state index is 14.7. The summed E-state index contributed by atoms with van der Waals surface area (Å²) >= 11 is 0. The minimum Gasteiger partial charge on any atom is -0.444 e. The molecule has 27 heavy (non-hydrogen) atoms. The number of benzene rings is 1. The molecule has 0 radical (unpaired) electrons. The van der Waals surface area contributed by atoms with Crippen molar-refractivity contribution in [2.24, 2.45) is 0 Å². The largest absolute Gasteiger partial charge is 0.444 e. The molecule has 7 nitrogen and oxygen atoms in total. The molecule has 1 aliphatic heterocycles. The lowest BCUT2D eigenvalue weighted by Crippen LogP contribution is -2.24. The summed E-state index contributed by atoms with van der Waals surface area (Å²) in [4.78, 5) is 17.6. The number of aryl methyl sites for hydroxylation is 1. The van der Waals surface area contributed by atoms with Crippen molar-refractivity contribution in [1.82, 2.24) is 15.2 Å². The minimum atomic E-state index is -0.449. The predicted octanol–water partition coefficient (Wildman–Crippen LogP) is 3.98. The number of cyclic esters (lactones) is 1. The van der Waals surface area contributed by atoms with Gasteiger partial charge in [-0.25, -0.2) is 9.18 Å². The Bertz CT molecular complexity index is 987. The number of hydrogen-bond acceptors (Lipinski definition) is 6. The molecule has 1 fully saturated rings. The Hall–Kier alpha value is -3.29. The lowest BCUT2D eigenvalue weighted by molar-refractivity contribution is 0.139. The van der Waals surface area contributed by atoms with Gasteiger partial charge < -0.3 is 9.15 Å². The van der Waals surface area contributed by atoms with Gasteiger partial charge in [-0.2, -0.15) is 0 Å². The number of nitrogens with zero attached hydrogens (tertiary/aromatic N) is 4. The molecule has 138 valence electrons. The number of amides is 1. The Kier molecular flexibility index (Phi) is 4.31. The molecule has 1 amide bonds. The number of aromatic nitrogens is 3. The maximum atomic E-state index is 14.7. The molecule has 0 N–H and O–H groups in total. The third-order valence-corrected chi connectivity index (χ3v) is 4.41. The fraction of sp³-hybridized carbons (Fsp3) is 0.263. The van der Waals surface area contributed by atoms with Crippen LogP contribution in [0.25, 0.3) is 22.7 Å². The summed E-state index contributed by atoms with van der Waals surface area (Å²) in [6, 6.07) is 8.10. The van der Waals surface area contributed by atoms with Crippen molar-refractivity contribution in [2.75, 3.05) is 11.4 Å². The molecule has 1 atom stereocenters. The fourth-order valence-electron chi connectivity index (χ4n) is 2.93. The van der Waals surface area contributed by atoms with E-state index >= 15 is 0 Å². The molecule has 1 aliphatic rings. The first-order valence-corrected chi connectivity index (χ1v) is 8.59. The highest BCUT2D eigenvalue weighted by molar-refractivity contribution is 5.90. The van der Waals surface area contributed by atoms with Gasteiger partial charge in [0.15, 0.2) is 0 Å². The number of hydrogen-bond donors (Lipinski definition) is 0. The van der Waals surface area contributed by atoms with E-state index in [0.29, 0.717) is 40.8 Å². The first-order chi connectivity index (χ1) is 13.0. The number of anilines is 1. The summed E-state index contributed by atoms with van der Waals surface area (Å²) in [6.07, 6.45) is 1.66. The van der Waals surface area contributed by atoms with Crippen molar-refractivity contribution in [3.05, 3.63) is 48.2 Å². The van der Waals surface area contributed by atoms with Crippen LogP contribution < -0.4 is 4.90 Å². The van der Waals surface area contributed by atoms with Crippen LogP contribution in [0, 0.1) is 12.7 Å². The van der Waals surface area contributed by atoms with E-state index in [9.17, 15) is 9.18 Å². The van der Waals surface area contributed by atoms with Crippen molar-refractivity contribution < 1.29 is 18.3 Å². The zero-order chi connectivity index (χ0) is 19.0. The van der Waals surface area contributed by atoms with Gasteiger partial charge in [-0.1, -0.05) is 13.0 Å². The topological polar surface area (TPSA) is 81.4 Å². The van der Waals surface area contributed by atoms with Crippen molar-refractivity contribution in [2.45, 2.75) is 26.4 Å². The lowest BCUT2D eigenvalue weighted by Gasteiger charge is -2.14. The number of pyridine rings is 1. The Morgan fingerprint density at radius 2 is 2.11 bits per heavy atom. The molecule has 0 aliphatic carbocycles. The molecule has 8 heteroatoms. The van der Waals surface area contributed by atoms with Crippen molar-refractivity contribution in [1.29, 1.82) is 0 Å². The summed E-state index contributed by atoms with van der Waals surface area (Å²) in [5.41, 5.74) is 1.98. The average molecular weight is 368 g/mol. The molecule has 2 aromatic heterocycles. The second-order valence-corrected chi connectivity index (χ2v) is 6.25. The summed E-state index contributed by atoms with van der Waals surface area (Å²) in [6.45, 7) is 4.06. The first-order valence-electron chi connectivity index (χ1n) is 8.59. The Morgan fingerprint density at radius 1 is 1.26 bits per heavy atom. The van der Waals surface area contributed by atoms with Crippen LogP contribution in [0.1, 0.15) is 19.2 Å². The quantitative estimate of drug-likeness (QED) is 0.693. The number of rotatable bonds is 4. The first kappa shape index (κ1) is 17.1. The minimum absolute atomic E-state index is 0.162. The summed E-state index contributed by atoms with van der Waals surface area (Å²) in [5, 5.41) is 7.67. The van der Waals surface area contributed by atoms with Gasteiger partial charge in [-0.05, 0) is 30.7 Å². The SMILES string of the molecule is CC[C@H]1CN(c2ccc(-c3ccc(-c4nnc(C)o4)nc3)c(F)c2)C(=O)O1. The molecular weight excluding hydrogens is 351 g/mol. The van der Waals surface area contributed by atoms with Crippen LogP contribution in [0.15, 0.2) is 40.9 Å². The average Bonchev–Trinajstić information content (AvgIpc) is 3.27. The van der Waals surface area contributed by atoms with Crippen molar-refractivity contribution in [3.63, 3.8) is 0 Å². The highest BCUT2D eigenvalue weighted by Gasteiger charge is 2.31. The van der Waals surface area contributed by atoms with Gasteiger partial charge in [0.2, 0.25) is 5.89 Å². The standard InChI is InChI=1S/C19H17FN4O3/c1-3-14-10-24(19(25)27-14)13-5-6-15(16(20)8-13)12-4-7-17(21-9-12)18-23-22-11(2)26-18/h4-9,14H,3,10H2,1-2H3/t14-/m0/s1. The normalized spacial score (nSPS) is 16.6. The van der Waals surface area contributed by atoms with Crippen LogP contribution in [0.4, 0.5) is 14.9 Å². The van der Waals surface area contributed by atoms with Crippen LogP contribution >= 0.6 is 0 Å². The third kappa shape index (κ3) is 3.25. The highest BCUT2D eigenvalue weighted by Crippen LogP contribution is 2.30. The molecule has 1 aromatic carbocycles. The van der Waals surface area contributed by atoms with E-state index in [0.717, 1.165) is 6.42 Å². The Balaban J connectivity index is 1.58. The van der Waals surface area contributed by atoms with E-state index in [1.807, 2.05) is 6.92 Å². The maximum Gasteiger partial charge on any atom is 0.414 e. The van der Waals surface area contributed by atoms with Crippen molar-refractivity contribution in [3.8, 4) is 22.7 Å².